The van der Waals surface area contributed by atoms with Crippen LogP contribution in [0.2, 0.25) is 0 Å². The highest BCUT2D eigenvalue weighted by atomic mass is 32.1. The van der Waals surface area contributed by atoms with Gasteiger partial charge in [0, 0.05) is 17.5 Å². The minimum Gasteiger partial charge on any atom is -0.486 e. The fraction of sp³-hybridized carbons (Fsp3) is 0.192. The van der Waals surface area contributed by atoms with Gasteiger partial charge in [-0.05, 0) is 48.7 Å². The molecule has 0 bridgehead atoms. The van der Waals surface area contributed by atoms with Gasteiger partial charge in [0.15, 0.2) is 16.3 Å². The van der Waals surface area contributed by atoms with Crippen molar-refractivity contribution in [1.29, 1.82) is 0 Å². The second-order valence-electron chi connectivity index (χ2n) is 7.55. The van der Waals surface area contributed by atoms with Gasteiger partial charge in [-0.2, -0.15) is 0 Å². The van der Waals surface area contributed by atoms with E-state index in [2.05, 4.69) is 71.5 Å². The van der Waals surface area contributed by atoms with Crippen molar-refractivity contribution in [3.63, 3.8) is 0 Å². The molecule has 156 valence electrons. The molecular weight excluding hydrogens is 404 g/mol. The zero-order valence-corrected chi connectivity index (χ0v) is 18.3. The smallest absolute Gasteiger partial charge is 0.190 e. The van der Waals surface area contributed by atoms with Gasteiger partial charge >= 0.3 is 0 Å². The van der Waals surface area contributed by atoms with E-state index in [0.717, 1.165) is 46.2 Å². The fourth-order valence-electron chi connectivity index (χ4n) is 3.75. The van der Waals surface area contributed by atoms with Crippen molar-refractivity contribution in [3.8, 4) is 22.8 Å². The summed E-state index contributed by atoms with van der Waals surface area (Å²) in [4.78, 5) is 6.01. The molecule has 2 heterocycles. The lowest BCUT2D eigenvalue weighted by Gasteiger charge is -2.19. The van der Waals surface area contributed by atoms with Gasteiger partial charge in [-0.3, -0.25) is 0 Å². The first-order valence-corrected chi connectivity index (χ1v) is 11.4. The maximum Gasteiger partial charge on any atom is 0.190 e. The van der Waals surface area contributed by atoms with Crippen LogP contribution in [0, 0.1) is 6.92 Å². The summed E-state index contributed by atoms with van der Waals surface area (Å²) >= 11 is 1.67. The second kappa shape index (κ2) is 8.82. The van der Waals surface area contributed by atoms with Crippen LogP contribution in [0.3, 0.4) is 0 Å². The van der Waals surface area contributed by atoms with Crippen molar-refractivity contribution in [2.45, 2.75) is 19.9 Å². The molecule has 0 saturated carbocycles. The van der Waals surface area contributed by atoms with E-state index >= 15 is 0 Å². The molecular formula is C26H24N2O2S. The standard InChI is InChI=1S/C26H24N2O2S/c1-19-7-5-6-10-22(19)27-26-28(14-13-20-8-3-2-4-9-20)23(18-31-26)21-11-12-24-25(17-21)30-16-15-29-24/h2-12,17-18H,13-16H2,1H3. The molecule has 0 atom stereocenters. The average molecular weight is 429 g/mol. The summed E-state index contributed by atoms with van der Waals surface area (Å²) < 4.78 is 13.8. The minimum atomic E-state index is 0.585. The predicted octanol–water partition coefficient (Wildman–Crippen LogP) is 5.77. The molecule has 0 unspecified atom stereocenters. The summed E-state index contributed by atoms with van der Waals surface area (Å²) in [6.07, 6.45) is 0.941. The average Bonchev–Trinajstić information content (AvgIpc) is 3.22. The molecule has 0 amide bonds. The maximum absolute atomic E-state index is 5.82. The third kappa shape index (κ3) is 4.28. The molecule has 1 aliphatic rings. The van der Waals surface area contributed by atoms with Crippen molar-refractivity contribution < 1.29 is 9.47 Å². The van der Waals surface area contributed by atoms with E-state index < -0.39 is 0 Å². The Kier molecular flexibility index (Phi) is 5.59. The lowest BCUT2D eigenvalue weighted by Crippen LogP contribution is -2.18. The number of hydrogen-bond donors (Lipinski definition) is 0. The Bertz CT molecular complexity index is 1260. The number of benzene rings is 3. The van der Waals surface area contributed by atoms with E-state index in [1.165, 1.54) is 11.1 Å². The normalized spacial score (nSPS) is 13.4. The molecule has 0 spiro atoms. The van der Waals surface area contributed by atoms with Gasteiger partial charge in [0.1, 0.15) is 13.2 Å². The molecule has 0 radical (unpaired) electrons. The summed E-state index contributed by atoms with van der Waals surface area (Å²) in [5.74, 6) is 1.62. The number of aryl methyl sites for hydroxylation is 2. The Labute approximate surface area is 186 Å². The number of nitrogens with zero attached hydrogens (tertiary/aromatic N) is 2. The first-order valence-electron chi connectivity index (χ1n) is 10.5. The van der Waals surface area contributed by atoms with Crippen molar-refractivity contribution >= 4 is 17.0 Å². The van der Waals surface area contributed by atoms with E-state index in [1.54, 1.807) is 11.3 Å². The highest BCUT2D eigenvalue weighted by molar-refractivity contribution is 7.07. The van der Waals surface area contributed by atoms with Crippen LogP contribution in [0.15, 0.2) is 83.2 Å². The van der Waals surface area contributed by atoms with Gasteiger partial charge in [0.2, 0.25) is 0 Å². The largest absolute Gasteiger partial charge is 0.486 e. The number of para-hydroxylation sites is 1. The molecule has 0 saturated heterocycles. The van der Waals surface area contributed by atoms with Gasteiger partial charge in [-0.1, -0.05) is 48.5 Å². The SMILES string of the molecule is Cc1ccccc1N=c1scc(-c2ccc3c(c2)OCCO3)n1CCc1ccccc1. The second-order valence-corrected chi connectivity index (χ2v) is 8.38. The van der Waals surface area contributed by atoms with Crippen molar-refractivity contribution in [2.24, 2.45) is 4.99 Å². The number of thiazole rings is 1. The van der Waals surface area contributed by atoms with Gasteiger partial charge < -0.3 is 14.0 Å². The quantitative estimate of drug-likeness (QED) is 0.404. The van der Waals surface area contributed by atoms with Crippen LogP contribution in [-0.2, 0) is 13.0 Å². The molecule has 0 N–H and O–H groups in total. The molecule has 0 aliphatic carbocycles. The van der Waals surface area contributed by atoms with E-state index in [4.69, 9.17) is 14.5 Å². The van der Waals surface area contributed by atoms with Crippen molar-refractivity contribution in [1.82, 2.24) is 4.57 Å². The van der Waals surface area contributed by atoms with E-state index in [9.17, 15) is 0 Å². The third-order valence-corrected chi connectivity index (χ3v) is 6.30. The number of fused-ring (bicyclic) bond motifs is 1. The van der Waals surface area contributed by atoms with Gasteiger partial charge in [0.25, 0.3) is 0 Å². The zero-order valence-electron chi connectivity index (χ0n) is 17.5. The number of ether oxygens (including phenoxy) is 2. The van der Waals surface area contributed by atoms with Gasteiger partial charge in [-0.15, -0.1) is 11.3 Å². The molecule has 5 heteroatoms. The van der Waals surface area contributed by atoms with Crippen LogP contribution >= 0.6 is 11.3 Å². The first kappa shape index (κ1) is 19.6. The Morgan fingerprint density at radius 2 is 1.68 bits per heavy atom. The molecule has 5 rings (SSSR count). The highest BCUT2D eigenvalue weighted by Gasteiger charge is 2.15. The maximum atomic E-state index is 5.82. The summed E-state index contributed by atoms with van der Waals surface area (Å²) in [6.45, 7) is 4.13. The van der Waals surface area contributed by atoms with Crippen LogP contribution in [0.25, 0.3) is 11.3 Å². The van der Waals surface area contributed by atoms with Crippen molar-refractivity contribution in [3.05, 3.63) is 94.1 Å². The molecule has 31 heavy (non-hydrogen) atoms. The summed E-state index contributed by atoms with van der Waals surface area (Å²) in [6, 6.07) is 25.0. The van der Waals surface area contributed by atoms with E-state index in [0.29, 0.717) is 13.2 Å². The fourth-order valence-corrected chi connectivity index (χ4v) is 4.69. The van der Waals surface area contributed by atoms with Gasteiger partial charge in [0.05, 0.1) is 11.4 Å². The number of rotatable bonds is 5. The van der Waals surface area contributed by atoms with E-state index in [1.807, 2.05) is 18.2 Å². The molecule has 4 aromatic rings. The first-order chi connectivity index (χ1) is 15.3. The van der Waals surface area contributed by atoms with Gasteiger partial charge in [-0.25, -0.2) is 4.99 Å². The number of hydrogen-bond acceptors (Lipinski definition) is 4. The molecule has 0 fully saturated rings. The third-order valence-electron chi connectivity index (χ3n) is 5.43. The van der Waals surface area contributed by atoms with Crippen LogP contribution < -0.4 is 14.3 Å². The summed E-state index contributed by atoms with van der Waals surface area (Å²) in [5.41, 5.74) is 5.75. The topological polar surface area (TPSA) is 35.8 Å². The van der Waals surface area contributed by atoms with Crippen LogP contribution in [-0.4, -0.2) is 17.8 Å². The Hall–Kier alpha value is -3.31. The summed E-state index contributed by atoms with van der Waals surface area (Å²) in [5, 5.41) is 2.19. The predicted molar refractivity (Wildman–Crippen MR) is 125 cm³/mol. The monoisotopic (exact) mass is 428 g/mol. The van der Waals surface area contributed by atoms with Crippen molar-refractivity contribution in [2.75, 3.05) is 13.2 Å². The lowest BCUT2D eigenvalue weighted by atomic mass is 10.1. The zero-order chi connectivity index (χ0) is 21.0. The molecule has 1 aliphatic heterocycles. The van der Waals surface area contributed by atoms with Crippen LogP contribution in [0.5, 0.6) is 11.5 Å². The summed E-state index contributed by atoms with van der Waals surface area (Å²) in [7, 11) is 0. The van der Waals surface area contributed by atoms with E-state index in [-0.39, 0.29) is 0 Å². The molecule has 1 aromatic heterocycles. The number of aromatic nitrogens is 1. The Morgan fingerprint density at radius 3 is 2.52 bits per heavy atom. The molecule has 3 aromatic carbocycles. The Balaban J connectivity index is 1.58. The minimum absolute atomic E-state index is 0.585. The lowest BCUT2D eigenvalue weighted by molar-refractivity contribution is 0.171. The van der Waals surface area contributed by atoms with Crippen LogP contribution in [0.1, 0.15) is 11.1 Å². The molecule has 4 nitrogen and oxygen atoms in total. The van der Waals surface area contributed by atoms with Crippen LogP contribution in [0.4, 0.5) is 5.69 Å². The Morgan fingerprint density at radius 1 is 0.903 bits per heavy atom. The highest BCUT2D eigenvalue weighted by Crippen LogP contribution is 2.34.